The van der Waals surface area contributed by atoms with Gasteiger partial charge in [-0.2, -0.15) is 0 Å². The molecule has 2 rings (SSSR count). The van der Waals surface area contributed by atoms with Crippen LogP contribution >= 0.6 is 15.9 Å². The van der Waals surface area contributed by atoms with E-state index in [0.29, 0.717) is 13.2 Å². The lowest BCUT2D eigenvalue weighted by Crippen LogP contribution is -2.65. The zero-order valence-corrected chi connectivity index (χ0v) is 12.9. The molecule has 1 N–H and O–H groups in total. The molecule has 1 fully saturated rings. The van der Waals surface area contributed by atoms with Crippen molar-refractivity contribution in [1.82, 2.24) is 5.32 Å². The van der Waals surface area contributed by atoms with Gasteiger partial charge in [-0.25, -0.2) is 0 Å². The summed E-state index contributed by atoms with van der Waals surface area (Å²) >= 11 is 3.54. The molecule has 0 radical (unpaired) electrons. The van der Waals surface area contributed by atoms with E-state index in [0.717, 1.165) is 10.2 Å². The number of hydrogen-bond donors (Lipinski definition) is 1. The highest BCUT2D eigenvalue weighted by atomic mass is 79.9. The van der Waals surface area contributed by atoms with Gasteiger partial charge in [0, 0.05) is 15.6 Å². The van der Waals surface area contributed by atoms with Crippen LogP contribution in [0.25, 0.3) is 0 Å². The van der Waals surface area contributed by atoms with Crippen molar-refractivity contribution in [2.24, 2.45) is 0 Å². The summed E-state index contributed by atoms with van der Waals surface area (Å²) in [6.45, 7) is 5.84. The minimum atomic E-state index is -0.0562. The quantitative estimate of drug-likeness (QED) is 0.927. The molecule has 0 amide bonds. The van der Waals surface area contributed by atoms with Gasteiger partial charge in [0.05, 0.1) is 25.7 Å². The standard InChI is InChI=1S/C14H20BrNO2/c1-13(2,16-3)14(8-18-9-14)11-7-10(15)5-6-12(11)17-4/h5-7,16H,8-9H2,1-4H3. The highest BCUT2D eigenvalue weighted by Gasteiger charge is 2.53. The monoisotopic (exact) mass is 313 g/mol. The average molecular weight is 314 g/mol. The van der Waals surface area contributed by atoms with Crippen molar-refractivity contribution in [3.8, 4) is 5.75 Å². The van der Waals surface area contributed by atoms with Crippen LogP contribution in [-0.2, 0) is 10.2 Å². The van der Waals surface area contributed by atoms with Crippen molar-refractivity contribution in [2.45, 2.75) is 24.8 Å². The summed E-state index contributed by atoms with van der Waals surface area (Å²) < 4.78 is 12.1. The summed E-state index contributed by atoms with van der Waals surface area (Å²) in [5.74, 6) is 0.921. The van der Waals surface area contributed by atoms with E-state index in [4.69, 9.17) is 9.47 Å². The Morgan fingerprint density at radius 2 is 2.06 bits per heavy atom. The first-order valence-electron chi connectivity index (χ1n) is 6.07. The van der Waals surface area contributed by atoms with Crippen molar-refractivity contribution in [3.05, 3.63) is 28.2 Å². The van der Waals surface area contributed by atoms with Crippen molar-refractivity contribution < 1.29 is 9.47 Å². The first kappa shape index (κ1) is 13.8. The SMILES string of the molecule is CNC(C)(C)C1(c2cc(Br)ccc2OC)COC1. The summed E-state index contributed by atoms with van der Waals surface area (Å²) in [5, 5.41) is 3.40. The van der Waals surface area contributed by atoms with Gasteiger partial charge in [-0.1, -0.05) is 15.9 Å². The van der Waals surface area contributed by atoms with Gasteiger partial charge in [-0.05, 0) is 39.1 Å². The van der Waals surface area contributed by atoms with Crippen LogP contribution in [0.5, 0.6) is 5.75 Å². The topological polar surface area (TPSA) is 30.5 Å². The Bertz CT molecular complexity index is 441. The average Bonchev–Trinajstić information content (AvgIpc) is 2.27. The van der Waals surface area contributed by atoms with E-state index in [9.17, 15) is 0 Å². The van der Waals surface area contributed by atoms with E-state index >= 15 is 0 Å². The molecule has 1 aromatic rings. The maximum absolute atomic E-state index is 5.52. The zero-order valence-electron chi connectivity index (χ0n) is 11.3. The molecule has 4 heteroatoms. The number of rotatable bonds is 4. The van der Waals surface area contributed by atoms with Gasteiger partial charge in [-0.3, -0.25) is 0 Å². The highest BCUT2D eigenvalue weighted by Crippen LogP contribution is 2.46. The molecule has 3 nitrogen and oxygen atoms in total. The Morgan fingerprint density at radius 1 is 1.39 bits per heavy atom. The maximum atomic E-state index is 5.52. The molecule has 100 valence electrons. The van der Waals surface area contributed by atoms with Crippen molar-refractivity contribution >= 4 is 15.9 Å². The Labute approximate surface area is 117 Å². The lowest BCUT2D eigenvalue weighted by Gasteiger charge is -2.53. The second-order valence-electron chi connectivity index (χ2n) is 5.29. The van der Waals surface area contributed by atoms with Gasteiger partial charge in [-0.15, -0.1) is 0 Å². The predicted molar refractivity (Wildman–Crippen MR) is 76.3 cm³/mol. The van der Waals surface area contributed by atoms with Crippen LogP contribution in [0, 0.1) is 0 Å². The third kappa shape index (κ3) is 1.96. The van der Waals surface area contributed by atoms with Gasteiger partial charge in [0.2, 0.25) is 0 Å². The molecular formula is C14H20BrNO2. The molecule has 0 unspecified atom stereocenters. The van der Waals surface area contributed by atoms with E-state index < -0.39 is 0 Å². The highest BCUT2D eigenvalue weighted by molar-refractivity contribution is 9.10. The molecule has 0 aliphatic carbocycles. The van der Waals surface area contributed by atoms with Crippen LogP contribution in [-0.4, -0.2) is 32.9 Å². The molecule has 0 spiro atoms. The summed E-state index contributed by atoms with van der Waals surface area (Å²) in [6, 6.07) is 6.15. The molecule has 0 saturated carbocycles. The van der Waals surface area contributed by atoms with Crippen LogP contribution in [0.2, 0.25) is 0 Å². The van der Waals surface area contributed by atoms with Crippen LogP contribution < -0.4 is 10.1 Å². The smallest absolute Gasteiger partial charge is 0.122 e. The fourth-order valence-electron chi connectivity index (χ4n) is 2.45. The van der Waals surface area contributed by atoms with Crippen molar-refractivity contribution in [3.63, 3.8) is 0 Å². The van der Waals surface area contributed by atoms with Gasteiger partial charge in [0.15, 0.2) is 0 Å². The Hall–Kier alpha value is -0.580. The van der Waals surface area contributed by atoms with E-state index in [2.05, 4.69) is 41.2 Å². The third-order valence-corrected chi connectivity index (χ3v) is 4.69. The van der Waals surface area contributed by atoms with Gasteiger partial charge in [0.25, 0.3) is 0 Å². The first-order chi connectivity index (χ1) is 8.47. The maximum Gasteiger partial charge on any atom is 0.122 e. The molecule has 1 aliphatic rings. The van der Waals surface area contributed by atoms with Gasteiger partial charge < -0.3 is 14.8 Å². The number of likely N-dealkylation sites (N-methyl/N-ethyl adjacent to an activating group) is 1. The molecule has 1 heterocycles. The summed E-state index contributed by atoms with van der Waals surface area (Å²) in [5.41, 5.74) is 1.10. The fourth-order valence-corrected chi connectivity index (χ4v) is 2.81. The molecule has 1 aliphatic heterocycles. The van der Waals surface area contributed by atoms with E-state index in [1.807, 2.05) is 19.2 Å². The van der Waals surface area contributed by atoms with E-state index in [-0.39, 0.29) is 11.0 Å². The number of benzene rings is 1. The summed E-state index contributed by atoms with van der Waals surface area (Å²) in [6.07, 6.45) is 0. The fraction of sp³-hybridized carbons (Fsp3) is 0.571. The minimum Gasteiger partial charge on any atom is -0.496 e. The molecule has 0 atom stereocenters. The molecular weight excluding hydrogens is 294 g/mol. The largest absolute Gasteiger partial charge is 0.496 e. The van der Waals surface area contributed by atoms with Crippen molar-refractivity contribution in [1.29, 1.82) is 0 Å². The second-order valence-corrected chi connectivity index (χ2v) is 6.21. The number of methoxy groups -OCH3 is 1. The normalized spacial score (nSPS) is 18.3. The Kier molecular flexibility index (Phi) is 3.72. The molecule has 1 aromatic carbocycles. The molecule has 0 bridgehead atoms. The Balaban J connectivity index is 2.54. The zero-order chi connectivity index (χ0) is 13.4. The lowest BCUT2D eigenvalue weighted by molar-refractivity contribution is -0.0999. The van der Waals surface area contributed by atoms with Crippen LogP contribution in [0.3, 0.4) is 0 Å². The summed E-state index contributed by atoms with van der Waals surface area (Å²) in [4.78, 5) is 0. The van der Waals surface area contributed by atoms with E-state index in [1.165, 1.54) is 5.56 Å². The van der Waals surface area contributed by atoms with E-state index in [1.54, 1.807) is 7.11 Å². The molecule has 0 aromatic heterocycles. The van der Waals surface area contributed by atoms with Crippen LogP contribution in [0.1, 0.15) is 19.4 Å². The van der Waals surface area contributed by atoms with Crippen LogP contribution in [0.4, 0.5) is 0 Å². The molecule has 1 saturated heterocycles. The number of nitrogens with one attached hydrogen (secondary N) is 1. The number of halogens is 1. The van der Waals surface area contributed by atoms with Crippen LogP contribution in [0.15, 0.2) is 22.7 Å². The number of ether oxygens (including phenoxy) is 2. The third-order valence-electron chi connectivity index (χ3n) is 4.20. The molecule has 18 heavy (non-hydrogen) atoms. The van der Waals surface area contributed by atoms with Crippen molar-refractivity contribution in [2.75, 3.05) is 27.4 Å². The summed E-state index contributed by atoms with van der Waals surface area (Å²) in [7, 11) is 3.71. The predicted octanol–water partition coefficient (Wildman–Crippen LogP) is 2.72. The minimum absolute atomic E-state index is 0.0448. The second kappa shape index (κ2) is 4.83. The Morgan fingerprint density at radius 3 is 2.50 bits per heavy atom. The first-order valence-corrected chi connectivity index (χ1v) is 6.87. The van der Waals surface area contributed by atoms with Gasteiger partial charge >= 0.3 is 0 Å². The van der Waals surface area contributed by atoms with Gasteiger partial charge in [0.1, 0.15) is 5.75 Å². The lowest BCUT2D eigenvalue weighted by atomic mass is 9.65. The number of hydrogen-bond acceptors (Lipinski definition) is 3.